The predicted molar refractivity (Wildman–Crippen MR) is 142 cm³/mol. The molecule has 10 nitrogen and oxygen atoms in total. The Bertz CT molecular complexity index is 1190. The van der Waals surface area contributed by atoms with Crippen LogP contribution in [-0.2, 0) is 4.74 Å². The van der Waals surface area contributed by atoms with E-state index >= 15 is 0 Å². The SMILES string of the molecule is CCN(C(=O)Nc1cn(C2CCCCO2)nc1-c1nc2ccc(N3CCN(C)CC3)cc2[nH]1)C(C)C. The summed E-state index contributed by atoms with van der Waals surface area (Å²) in [5.74, 6) is 0.637. The highest BCUT2D eigenvalue weighted by Gasteiger charge is 2.25. The van der Waals surface area contributed by atoms with Gasteiger partial charge in [-0.1, -0.05) is 0 Å². The van der Waals surface area contributed by atoms with Crippen LogP contribution in [0.25, 0.3) is 22.6 Å². The number of nitrogens with zero attached hydrogens (tertiary/aromatic N) is 6. The van der Waals surface area contributed by atoms with Crippen LogP contribution in [0.1, 0.15) is 46.3 Å². The zero-order valence-electron chi connectivity index (χ0n) is 21.8. The number of nitrogens with one attached hydrogen (secondary N) is 2. The molecule has 10 heteroatoms. The third kappa shape index (κ3) is 5.05. The van der Waals surface area contributed by atoms with Gasteiger partial charge in [0.1, 0.15) is 6.23 Å². The van der Waals surface area contributed by atoms with E-state index in [9.17, 15) is 4.79 Å². The predicted octanol–water partition coefficient (Wildman–Crippen LogP) is 4.14. The van der Waals surface area contributed by atoms with Crippen LogP contribution in [0.3, 0.4) is 0 Å². The van der Waals surface area contributed by atoms with E-state index in [0.29, 0.717) is 23.8 Å². The maximum atomic E-state index is 13.1. The fourth-order valence-corrected chi connectivity index (χ4v) is 5.04. The van der Waals surface area contributed by atoms with Gasteiger partial charge in [-0.3, -0.25) is 0 Å². The molecule has 2 saturated heterocycles. The lowest BCUT2D eigenvalue weighted by atomic mass is 10.2. The molecule has 194 valence electrons. The number of hydrogen-bond acceptors (Lipinski definition) is 6. The third-order valence-electron chi connectivity index (χ3n) is 7.21. The molecule has 36 heavy (non-hydrogen) atoms. The van der Waals surface area contributed by atoms with Crippen LogP contribution in [-0.4, -0.2) is 88.0 Å². The first-order valence-corrected chi connectivity index (χ1v) is 13.1. The van der Waals surface area contributed by atoms with Crippen molar-refractivity contribution < 1.29 is 9.53 Å². The Kier molecular flexibility index (Phi) is 7.15. The van der Waals surface area contributed by atoms with Crippen molar-refractivity contribution in [2.45, 2.75) is 52.3 Å². The molecule has 2 aliphatic heterocycles. The fraction of sp³-hybridized carbons (Fsp3) is 0.577. The summed E-state index contributed by atoms with van der Waals surface area (Å²) >= 11 is 0. The summed E-state index contributed by atoms with van der Waals surface area (Å²) in [4.78, 5) is 27.9. The number of aromatic nitrogens is 4. The first-order valence-electron chi connectivity index (χ1n) is 13.1. The lowest BCUT2D eigenvalue weighted by Crippen LogP contribution is -2.44. The quantitative estimate of drug-likeness (QED) is 0.535. The van der Waals surface area contributed by atoms with Gasteiger partial charge in [-0.15, -0.1) is 0 Å². The second kappa shape index (κ2) is 10.5. The van der Waals surface area contributed by atoms with Gasteiger partial charge in [-0.2, -0.15) is 5.10 Å². The number of amides is 2. The fourth-order valence-electron chi connectivity index (χ4n) is 5.04. The molecule has 0 radical (unpaired) electrons. The van der Waals surface area contributed by atoms with Crippen molar-refractivity contribution >= 4 is 28.4 Å². The molecule has 3 aromatic rings. The largest absolute Gasteiger partial charge is 0.369 e. The lowest BCUT2D eigenvalue weighted by molar-refractivity contribution is -0.0393. The molecule has 2 N–H and O–H groups in total. The molecule has 1 unspecified atom stereocenters. The normalized spacial score (nSPS) is 19.2. The molecular formula is C26H38N8O2. The third-order valence-corrected chi connectivity index (χ3v) is 7.21. The molecule has 2 aliphatic rings. The van der Waals surface area contributed by atoms with Crippen LogP contribution in [0, 0.1) is 0 Å². The van der Waals surface area contributed by atoms with Crippen molar-refractivity contribution in [1.82, 2.24) is 29.5 Å². The van der Waals surface area contributed by atoms with E-state index in [2.05, 4.69) is 45.3 Å². The van der Waals surface area contributed by atoms with E-state index in [1.165, 1.54) is 5.69 Å². The van der Waals surface area contributed by atoms with Gasteiger partial charge in [0.25, 0.3) is 0 Å². The Labute approximate surface area is 212 Å². The number of likely N-dealkylation sites (N-methyl/N-ethyl adjacent to an activating group) is 1. The molecule has 1 aromatic carbocycles. The molecule has 0 aliphatic carbocycles. The first-order chi connectivity index (χ1) is 17.4. The molecule has 0 spiro atoms. The molecule has 0 bridgehead atoms. The first kappa shape index (κ1) is 24.6. The van der Waals surface area contributed by atoms with Gasteiger partial charge in [0.05, 0.1) is 22.9 Å². The summed E-state index contributed by atoms with van der Waals surface area (Å²) in [6.45, 7) is 11.5. The van der Waals surface area contributed by atoms with Gasteiger partial charge < -0.3 is 29.7 Å². The van der Waals surface area contributed by atoms with Gasteiger partial charge in [0.2, 0.25) is 0 Å². The van der Waals surface area contributed by atoms with Crippen LogP contribution in [0.4, 0.5) is 16.2 Å². The van der Waals surface area contributed by atoms with Crippen molar-refractivity contribution in [3.63, 3.8) is 0 Å². The number of imidazole rings is 1. The number of carbonyl (C=O) groups is 1. The Hall–Kier alpha value is -3.11. The number of carbonyl (C=O) groups excluding carboxylic acids is 1. The van der Waals surface area contributed by atoms with Gasteiger partial charge in [0.15, 0.2) is 11.5 Å². The number of piperazine rings is 1. The molecule has 2 amide bonds. The number of anilines is 2. The minimum Gasteiger partial charge on any atom is -0.369 e. The van der Waals surface area contributed by atoms with E-state index in [1.807, 2.05) is 31.6 Å². The molecule has 0 saturated carbocycles. The molecular weight excluding hydrogens is 456 g/mol. The smallest absolute Gasteiger partial charge is 0.322 e. The summed E-state index contributed by atoms with van der Waals surface area (Å²) in [7, 11) is 2.16. The maximum Gasteiger partial charge on any atom is 0.322 e. The van der Waals surface area contributed by atoms with Gasteiger partial charge in [0, 0.05) is 51.1 Å². The average Bonchev–Trinajstić information content (AvgIpc) is 3.49. The molecule has 4 heterocycles. The van der Waals surface area contributed by atoms with E-state index in [0.717, 1.165) is 63.1 Å². The Morgan fingerprint density at radius 1 is 1.25 bits per heavy atom. The van der Waals surface area contributed by atoms with Gasteiger partial charge >= 0.3 is 6.03 Å². The highest BCUT2D eigenvalue weighted by atomic mass is 16.5. The van der Waals surface area contributed by atoms with Gasteiger partial charge in [-0.05, 0) is 65.3 Å². The molecule has 5 rings (SSSR count). The zero-order valence-corrected chi connectivity index (χ0v) is 21.8. The second-order valence-electron chi connectivity index (χ2n) is 10.1. The Morgan fingerprint density at radius 3 is 2.75 bits per heavy atom. The summed E-state index contributed by atoms with van der Waals surface area (Å²) in [5, 5.41) is 7.94. The van der Waals surface area contributed by atoms with Crippen LogP contribution in [0.2, 0.25) is 0 Å². The van der Waals surface area contributed by atoms with E-state index in [-0.39, 0.29) is 18.3 Å². The molecule has 2 fully saturated rings. The standard InChI is InChI=1S/C26H38N8O2/c1-5-33(18(2)3)26(35)29-22-17-34(23-8-6-7-15-36-23)30-24(22)25-27-20-10-9-19(16-21(20)28-25)32-13-11-31(4)12-14-32/h9-10,16-18,23H,5-8,11-15H2,1-4H3,(H,27,28)(H,29,35). The zero-order chi connectivity index (χ0) is 25.2. The maximum absolute atomic E-state index is 13.1. The second-order valence-corrected chi connectivity index (χ2v) is 10.1. The van der Waals surface area contributed by atoms with Crippen molar-refractivity contribution in [1.29, 1.82) is 0 Å². The number of hydrogen-bond donors (Lipinski definition) is 2. The van der Waals surface area contributed by atoms with Gasteiger partial charge in [-0.25, -0.2) is 14.5 Å². The molecule has 1 atom stereocenters. The average molecular weight is 495 g/mol. The number of rotatable bonds is 6. The monoisotopic (exact) mass is 494 g/mol. The summed E-state index contributed by atoms with van der Waals surface area (Å²) in [6, 6.07) is 6.30. The number of H-pyrrole nitrogens is 1. The lowest BCUT2D eigenvalue weighted by Gasteiger charge is -2.34. The Morgan fingerprint density at radius 2 is 2.06 bits per heavy atom. The van der Waals surface area contributed by atoms with Crippen molar-refractivity contribution in [3.8, 4) is 11.5 Å². The van der Waals surface area contributed by atoms with Crippen LogP contribution >= 0.6 is 0 Å². The minimum atomic E-state index is -0.147. The van der Waals surface area contributed by atoms with E-state index in [4.69, 9.17) is 14.8 Å². The minimum absolute atomic E-state index is 0.0920. The molecule has 2 aromatic heterocycles. The highest BCUT2D eigenvalue weighted by molar-refractivity contribution is 5.94. The number of urea groups is 1. The number of ether oxygens (including phenoxy) is 1. The number of fused-ring (bicyclic) bond motifs is 1. The van der Waals surface area contributed by atoms with Crippen molar-refractivity contribution in [3.05, 3.63) is 24.4 Å². The summed E-state index contributed by atoms with van der Waals surface area (Å²) in [6.07, 6.45) is 4.80. The summed E-state index contributed by atoms with van der Waals surface area (Å²) in [5.41, 5.74) is 4.28. The topological polar surface area (TPSA) is 94.5 Å². The number of benzene rings is 1. The van der Waals surface area contributed by atoms with Crippen LogP contribution in [0.15, 0.2) is 24.4 Å². The summed E-state index contributed by atoms with van der Waals surface area (Å²) < 4.78 is 7.80. The van der Waals surface area contributed by atoms with E-state index < -0.39 is 0 Å². The Balaban J connectivity index is 1.47. The van der Waals surface area contributed by atoms with Crippen molar-refractivity contribution in [2.75, 3.05) is 56.6 Å². The highest BCUT2D eigenvalue weighted by Crippen LogP contribution is 2.32. The van der Waals surface area contributed by atoms with Crippen LogP contribution < -0.4 is 10.2 Å². The number of aromatic amines is 1. The van der Waals surface area contributed by atoms with Crippen molar-refractivity contribution in [2.24, 2.45) is 0 Å². The van der Waals surface area contributed by atoms with E-state index in [1.54, 1.807) is 4.90 Å². The van der Waals surface area contributed by atoms with Crippen LogP contribution in [0.5, 0.6) is 0 Å².